The molecule has 2 N–H and O–H groups in total. The molecule has 0 fully saturated rings. The Morgan fingerprint density at radius 1 is 1.27 bits per heavy atom. The van der Waals surface area contributed by atoms with E-state index in [4.69, 9.17) is 0 Å². The van der Waals surface area contributed by atoms with E-state index in [1.807, 2.05) is 26.0 Å². The van der Waals surface area contributed by atoms with Crippen LogP contribution in [0.4, 0.5) is 0 Å². The molecule has 2 nitrogen and oxygen atoms in total. The minimum atomic E-state index is -0.667. The number of phenols is 1. The normalized spacial score (nSPS) is 16.4. The van der Waals surface area contributed by atoms with Crippen molar-refractivity contribution < 1.29 is 10.2 Å². The second kappa shape index (κ2) is 6.70. The Labute approximate surface area is 134 Å². The molecule has 1 atom stereocenters. The molecule has 120 valence electrons. The van der Waals surface area contributed by atoms with Gasteiger partial charge in [-0.05, 0) is 55.7 Å². The Hall–Kier alpha value is -1.54. The van der Waals surface area contributed by atoms with E-state index in [0.29, 0.717) is 11.7 Å². The summed E-state index contributed by atoms with van der Waals surface area (Å²) in [6, 6.07) is 5.77. The average Bonchev–Trinajstić information content (AvgIpc) is 2.86. The van der Waals surface area contributed by atoms with Crippen LogP contribution in [-0.4, -0.2) is 15.8 Å². The molecule has 1 aliphatic rings. The first-order valence-corrected chi connectivity index (χ1v) is 8.32. The largest absolute Gasteiger partial charge is 0.508 e. The fourth-order valence-electron chi connectivity index (χ4n) is 3.27. The van der Waals surface area contributed by atoms with Crippen molar-refractivity contribution in [2.75, 3.05) is 0 Å². The predicted molar refractivity (Wildman–Crippen MR) is 92.9 cm³/mol. The third-order valence-corrected chi connectivity index (χ3v) is 5.14. The van der Waals surface area contributed by atoms with Gasteiger partial charge in [0.1, 0.15) is 5.75 Å². The minimum Gasteiger partial charge on any atom is -0.508 e. The Morgan fingerprint density at radius 3 is 2.55 bits per heavy atom. The van der Waals surface area contributed by atoms with E-state index in [0.717, 1.165) is 31.2 Å². The molecule has 1 unspecified atom stereocenters. The molecular formula is C20H28O2. The molecule has 1 aromatic carbocycles. The van der Waals surface area contributed by atoms with Crippen molar-refractivity contribution in [3.05, 3.63) is 47.1 Å². The number of hydrogen-bond donors (Lipinski definition) is 2. The number of fused-ring (bicyclic) bond motifs is 1. The van der Waals surface area contributed by atoms with Crippen LogP contribution in [0.15, 0.2) is 35.9 Å². The van der Waals surface area contributed by atoms with Crippen molar-refractivity contribution in [1.29, 1.82) is 0 Å². The van der Waals surface area contributed by atoms with Gasteiger partial charge in [-0.25, -0.2) is 0 Å². The smallest absolute Gasteiger partial charge is 0.119 e. The maximum Gasteiger partial charge on any atom is 0.119 e. The van der Waals surface area contributed by atoms with Crippen molar-refractivity contribution in [3.8, 4) is 5.75 Å². The average molecular weight is 300 g/mol. The Morgan fingerprint density at radius 2 is 1.95 bits per heavy atom. The molecule has 0 amide bonds. The molecule has 0 aliphatic heterocycles. The molecule has 1 aromatic rings. The van der Waals surface area contributed by atoms with Gasteiger partial charge in [-0.1, -0.05) is 50.6 Å². The van der Waals surface area contributed by atoms with Crippen molar-refractivity contribution in [2.45, 2.75) is 59.0 Å². The monoisotopic (exact) mass is 300 g/mol. The third kappa shape index (κ3) is 3.27. The van der Waals surface area contributed by atoms with Crippen molar-refractivity contribution in [1.82, 2.24) is 0 Å². The molecule has 0 heterocycles. The molecule has 2 rings (SSSR count). The molecule has 22 heavy (non-hydrogen) atoms. The van der Waals surface area contributed by atoms with E-state index in [1.54, 1.807) is 6.07 Å². The van der Waals surface area contributed by atoms with Crippen LogP contribution < -0.4 is 0 Å². The fraction of sp³-hybridized carbons (Fsp3) is 0.500. The number of aliphatic hydroxyl groups is 1. The summed E-state index contributed by atoms with van der Waals surface area (Å²) in [5, 5.41) is 20.3. The molecule has 2 heteroatoms. The molecule has 1 aliphatic carbocycles. The lowest BCUT2D eigenvalue weighted by Gasteiger charge is -2.21. The zero-order chi connectivity index (χ0) is 16.3. The molecule has 0 spiro atoms. The summed E-state index contributed by atoms with van der Waals surface area (Å²) in [5.41, 5.74) is 4.28. The molecule has 0 bridgehead atoms. The highest BCUT2D eigenvalue weighted by Gasteiger charge is 2.24. The zero-order valence-corrected chi connectivity index (χ0v) is 14.2. The first-order valence-electron chi connectivity index (χ1n) is 8.32. The quantitative estimate of drug-likeness (QED) is 0.737. The SMILES string of the molecule is CCC(O)(/C=C\CC(C)C1=C(C)c2cccc(O)c2C1)CC. The minimum absolute atomic E-state index is 0.404. The standard InChI is InChI=1S/C20H28O2/c1-5-20(22,6-2)12-8-9-14(3)17-13-18-16(15(17)4)10-7-11-19(18)21/h7-8,10-12,14,21-22H,5-6,9,13H2,1-4H3/b12-8-. The third-order valence-electron chi connectivity index (χ3n) is 5.14. The second-order valence-corrected chi connectivity index (χ2v) is 6.48. The van der Waals surface area contributed by atoms with Gasteiger partial charge in [0.05, 0.1) is 5.60 Å². The van der Waals surface area contributed by atoms with Gasteiger partial charge in [0.2, 0.25) is 0 Å². The lowest BCUT2D eigenvalue weighted by atomic mass is 9.91. The summed E-state index contributed by atoms with van der Waals surface area (Å²) >= 11 is 0. The first kappa shape index (κ1) is 16.8. The number of hydrogen-bond acceptors (Lipinski definition) is 2. The number of phenolic OH excluding ortho intramolecular Hbond substituents is 1. The van der Waals surface area contributed by atoms with Crippen LogP contribution in [0.5, 0.6) is 5.75 Å². The maximum absolute atomic E-state index is 10.3. The molecule has 0 radical (unpaired) electrons. The van der Waals surface area contributed by atoms with E-state index < -0.39 is 5.60 Å². The van der Waals surface area contributed by atoms with Crippen LogP contribution in [0.1, 0.15) is 58.1 Å². The Kier molecular flexibility index (Phi) is 5.12. The topological polar surface area (TPSA) is 40.5 Å². The second-order valence-electron chi connectivity index (χ2n) is 6.48. The maximum atomic E-state index is 10.3. The molecular weight excluding hydrogens is 272 g/mol. The van der Waals surface area contributed by atoms with E-state index in [9.17, 15) is 10.2 Å². The molecule has 0 saturated carbocycles. The fourth-order valence-corrected chi connectivity index (χ4v) is 3.27. The van der Waals surface area contributed by atoms with Gasteiger partial charge in [0, 0.05) is 5.56 Å². The number of rotatable bonds is 6. The summed E-state index contributed by atoms with van der Waals surface area (Å²) in [7, 11) is 0. The van der Waals surface area contributed by atoms with Gasteiger partial charge in [0.15, 0.2) is 0 Å². The van der Waals surface area contributed by atoms with Crippen LogP contribution in [0, 0.1) is 5.92 Å². The van der Waals surface area contributed by atoms with Gasteiger partial charge >= 0.3 is 0 Å². The van der Waals surface area contributed by atoms with Gasteiger partial charge in [-0.2, -0.15) is 0 Å². The highest BCUT2D eigenvalue weighted by molar-refractivity contribution is 5.77. The van der Waals surface area contributed by atoms with Gasteiger partial charge in [0.25, 0.3) is 0 Å². The van der Waals surface area contributed by atoms with Crippen LogP contribution in [0.25, 0.3) is 5.57 Å². The summed E-state index contributed by atoms with van der Waals surface area (Å²) < 4.78 is 0. The Bertz CT molecular complexity index is 592. The van der Waals surface area contributed by atoms with Crippen molar-refractivity contribution in [3.63, 3.8) is 0 Å². The summed E-state index contributed by atoms with van der Waals surface area (Å²) in [6.45, 7) is 8.40. The highest BCUT2D eigenvalue weighted by Crippen LogP contribution is 2.40. The highest BCUT2D eigenvalue weighted by atomic mass is 16.3. The lowest BCUT2D eigenvalue weighted by Crippen LogP contribution is -2.22. The van der Waals surface area contributed by atoms with Crippen LogP contribution >= 0.6 is 0 Å². The molecule has 0 saturated heterocycles. The van der Waals surface area contributed by atoms with Crippen LogP contribution in [0.2, 0.25) is 0 Å². The number of aromatic hydroxyl groups is 1. The van der Waals surface area contributed by atoms with Gasteiger partial charge < -0.3 is 10.2 Å². The lowest BCUT2D eigenvalue weighted by molar-refractivity contribution is 0.0824. The van der Waals surface area contributed by atoms with Gasteiger partial charge in [-0.15, -0.1) is 0 Å². The zero-order valence-electron chi connectivity index (χ0n) is 14.2. The first-order chi connectivity index (χ1) is 10.4. The van der Waals surface area contributed by atoms with E-state index >= 15 is 0 Å². The van der Waals surface area contributed by atoms with Crippen molar-refractivity contribution in [2.24, 2.45) is 5.92 Å². The molecule has 0 aromatic heterocycles. The van der Waals surface area contributed by atoms with Crippen LogP contribution in [0.3, 0.4) is 0 Å². The van der Waals surface area contributed by atoms with E-state index in [1.165, 1.54) is 16.7 Å². The number of allylic oxidation sites excluding steroid dienone is 3. The van der Waals surface area contributed by atoms with E-state index in [-0.39, 0.29) is 0 Å². The summed E-state index contributed by atoms with van der Waals surface area (Å²) in [4.78, 5) is 0. The van der Waals surface area contributed by atoms with Crippen molar-refractivity contribution >= 4 is 5.57 Å². The number of benzene rings is 1. The predicted octanol–water partition coefficient (Wildman–Crippen LogP) is 4.86. The summed E-state index contributed by atoms with van der Waals surface area (Å²) in [5.74, 6) is 0.821. The van der Waals surface area contributed by atoms with Crippen LogP contribution in [-0.2, 0) is 6.42 Å². The summed E-state index contributed by atoms with van der Waals surface area (Å²) in [6.07, 6.45) is 7.32. The Balaban J connectivity index is 2.09. The van der Waals surface area contributed by atoms with E-state index in [2.05, 4.69) is 26.0 Å². The van der Waals surface area contributed by atoms with Gasteiger partial charge in [-0.3, -0.25) is 0 Å².